The van der Waals surface area contributed by atoms with Crippen molar-refractivity contribution in [2.45, 2.75) is 19.3 Å². The van der Waals surface area contributed by atoms with Gasteiger partial charge in [-0.15, -0.1) is 0 Å². The summed E-state index contributed by atoms with van der Waals surface area (Å²) in [6.07, 6.45) is 4.16. The van der Waals surface area contributed by atoms with Crippen LogP contribution in [0.2, 0.25) is 0 Å². The molecule has 0 bridgehead atoms. The minimum atomic E-state index is -0.373. The Morgan fingerprint density at radius 3 is 2.81 bits per heavy atom. The van der Waals surface area contributed by atoms with Crippen LogP contribution in [-0.4, -0.2) is 37.8 Å². The van der Waals surface area contributed by atoms with Crippen LogP contribution in [0.15, 0.2) is 67.0 Å². The molecular weight excluding hydrogens is 390 g/mol. The first-order valence-electron chi connectivity index (χ1n) is 10.6. The summed E-state index contributed by atoms with van der Waals surface area (Å²) < 4.78 is 10.9. The van der Waals surface area contributed by atoms with E-state index < -0.39 is 0 Å². The molecular formula is C25H27N3O3. The number of anilines is 3. The third-order valence-electron chi connectivity index (χ3n) is 5.62. The molecule has 3 aromatic rings. The maximum Gasteiger partial charge on any atom is 0.340 e. The summed E-state index contributed by atoms with van der Waals surface area (Å²) in [5, 5.41) is 3.38. The molecule has 6 nitrogen and oxygen atoms in total. The maximum absolute atomic E-state index is 12.0. The van der Waals surface area contributed by atoms with E-state index in [0.717, 1.165) is 30.1 Å². The van der Waals surface area contributed by atoms with Gasteiger partial charge in [0.1, 0.15) is 5.75 Å². The van der Waals surface area contributed by atoms with Crippen LogP contribution in [0.25, 0.3) is 0 Å². The van der Waals surface area contributed by atoms with Crippen LogP contribution in [0.4, 0.5) is 17.1 Å². The zero-order valence-electron chi connectivity index (χ0n) is 17.9. The summed E-state index contributed by atoms with van der Waals surface area (Å²) >= 11 is 0. The van der Waals surface area contributed by atoms with Gasteiger partial charge in [0.2, 0.25) is 0 Å². The molecule has 0 unspecified atom stereocenters. The summed E-state index contributed by atoms with van der Waals surface area (Å²) in [5.74, 6) is 0.821. The third kappa shape index (κ3) is 4.48. The normalized spacial score (nSPS) is 14.8. The van der Waals surface area contributed by atoms with E-state index in [0.29, 0.717) is 24.4 Å². The zero-order valence-corrected chi connectivity index (χ0v) is 17.9. The van der Waals surface area contributed by atoms with Gasteiger partial charge in [0, 0.05) is 42.6 Å². The Morgan fingerprint density at radius 1 is 1.19 bits per heavy atom. The summed E-state index contributed by atoms with van der Waals surface area (Å²) in [6.45, 7) is 4.36. The Labute approximate surface area is 182 Å². The summed E-state index contributed by atoms with van der Waals surface area (Å²) in [7, 11) is 1.38. The van der Waals surface area contributed by atoms with Gasteiger partial charge in [0.25, 0.3) is 0 Å². The van der Waals surface area contributed by atoms with Crippen molar-refractivity contribution in [2.75, 3.05) is 37.0 Å². The van der Waals surface area contributed by atoms with Crippen LogP contribution in [0.1, 0.15) is 35.2 Å². The minimum Gasteiger partial charge on any atom is -0.493 e. The van der Waals surface area contributed by atoms with Crippen molar-refractivity contribution in [3.05, 3.63) is 78.1 Å². The third-order valence-corrected chi connectivity index (χ3v) is 5.62. The first-order chi connectivity index (χ1) is 15.2. The van der Waals surface area contributed by atoms with Crippen molar-refractivity contribution in [2.24, 2.45) is 0 Å². The number of carbonyl (C=O) groups is 1. The topological polar surface area (TPSA) is 63.7 Å². The van der Waals surface area contributed by atoms with E-state index in [4.69, 9.17) is 9.47 Å². The van der Waals surface area contributed by atoms with Crippen molar-refractivity contribution >= 4 is 23.0 Å². The van der Waals surface area contributed by atoms with E-state index in [1.807, 2.05) is 6.07 Å². The van der Waals surface area contributed by atoms with Gasteiger partial charge in [-0.05, 0) is 43.2 Å². The van der Waals surface area contributed by atoms with E-state index >= 15 is 0 Å². The van der Waals surface area contributed by atoms with Crippen molar-refractivity contribution in [3.63, 3.8) is 0 Å². The number of rotatable bonds is 7. The molecule has 2 heterocycles. The van der Waals surface area contributed by atoms with Gasteiger partial charge in [-0.1, -0.05) is 24.3 Å². The number of hydrogen-bond donors (Lipinski definition) is 1. The lowest BCUT2D eigenvalue weighted by Crippen LogP contribution is -2.22. The highest BCUT2D eigenvalue weighted by Gasteiger charge is 2.23. The Kier molecular flexibility index (Phi) is 6.36. The maximum atomic E-state index is 12.0. The predicted octanol–water partition coefficient (Wildman–Crippen LogP) is 5.00. The number of nitrogens with one attached hydrogen (secondary N) is 1. The number of aromatic nitrogens is 1. The number of methoxy groups -OCH3 is 1. The molecule has 0 fully saturated rings. The second-order valence-corrected chi connectivity index (χ2v) is 7.43. The van der Waals surface area contributed by atoms with Crippen molar-refractivity contribution in [3.8, 4) is 5.75 Å². The van der Waals surface area contributed by atoms with Crippen molar-refractivity contribution in [1.29, 1.82) is 0 Å². The van der Waals surface area contributed by atoms with Crippen LogP contribution in [-0.2, 0) is 4.74 Å². The molecule has 4 rings (SSSR count). The van der Waals surface area contributed by atoms with Crippen LogP contribution in [0, 0.1) is 0 Å². The first kappa shape index (κ1) is 20.7. The quantitative estimate of drug-likeness (QED) is 0.546. The number of nitrogens with zero attached hydrogens (tertiary/aromatic N) is 2. The Morgan fingerprint density at radius 2 is 2.03 bits per heavy atom. The Balaban J connectivity index is 1.54. The molecule has 160 valence electrons. The fraction of sp³-hybridized carbons (Fsp3) is 0.280. The van der Waals surface area contributed by atoms with E-state index in [-0.39, 0.29) is 11.9 Å². The lowest BCUT2D eigenvalue weighted by atomic mass is 9.92. The van der Waals surface area contributed by atoms with Gasteiger partial charge in [0.05, 0.1) is 31.2 Å². The second-order valence-electron chi connectivity index (χ2n) is 7.43. The molecule has 0 aliphatic carbocycles. The highest BCUT2D eigenvalue weighted by molar-refractivity contribution is 5.95. The van der Waals surface area contributed by atoms with Crippen LogP contribution < -0.4 is 15.0 Å². The molecule has 1 aliphatic rings. The van der Waals surface area contributed by atoms with E-state index in [1.54, 1.807) is 18.5 Å². The standard InChI is InChI=1S/C25H27N3O3/c1-3-28(19-7-5-4-6-8-19)20-9-10-21-18(12-14-31-24(21)15-20)16-27-23-17-26-13-11-22(23)25(29)30-2/h4-11,13,15,17-18,27H,3,12,14,16H2,1-2H3/t18-/m0/s1. The number of esters is 1. The predicted molar refractivity (Wildman–Crippen MR) is 122 cm³/mol. The Hall–Kier alpha value is -3.54. The molecule has 1 aromatic heterocycles. The smallest absolute Gasteiger partial charge is 0.340 e. The molecule has 6 heteroatoms. The van der Waals surface area contributed by atoms with E-state index in [1.165, 1.54) is 12.7 Å². The summed E-state index contributed by atoms with van der Waals surface area (Å²) in [6, 6.07) is 18.5. The number of carbonyl (C=O) groups excluding carboxylic acids is 1. The van der Waals surface area contributed by atoms with Crippen LogP contribution in [0.5, 0.6) is 5.75 Å². The highest BCUT2D eigenvalue weighted by Crippen LogP contribution is 2.38. The molecule has 1 N–H and O–H groups in total. The van der Waals surface area contributed by atoms with Gasteiger partial charge >= 0.3 is 5.97 Å². The minimum absolute atomic E-state index is 0.273. The number of ether oxygens (including phenoxy) is 2. The van der Waals surface area contributed by atoms with Crippen LogP contribution in [0.3, 0.4) is 0 Å². The largest absolute Gasteiger partial charge is 0.493 e. The van der Waals surface area contributed by atoms with Crippen LogP contribution >= 0.6 is 0 Å². The zero-order chi connectivity index (χ0) is 21.6. The molecule has 0 amide bonds. The molecule has 0 spiro atoms. The lowest BCUT2D eigenvalue weighted by molar-refractivity contribution is 0.0601. The second kappa shape index (κ2) is 9.51. The van der Waals surface area contributed by atoms with Gasteiger partial charge in [-0.25, -0.2) is 4.79 Å². The number of benzene rings is 2. The summed E-state index contributed by atoms with van der Waals surface area (Å²) in [4.78, 5) is 18.4. The van der Waals surface area contributed by atoms with Gasteiger partial charge < -0.3 is 19.7 Å². The van der Waals surface area contributed by atoms with E-state index in [2.05, 4.69) is 64.6 Å². The lowest BCUT2D eigenvalue weighted by Gasteiger charge is -2.29. The molecule has 0 saturated carbocycles. The van der Waals surface area contributed by atoms with E-state index in [9.17, 15) is 4.79 Å². The molecule has 0 saturated heterocycles. The van der Waals surface area contributed by atoms with Gasteiger partial charge in [0.15, 0.2) is 0 Å². The fourth-order valence-electron chi connectivity index (χ4n) is 4.01. The molecule has 1 atom stereocenters. The average molecular weight is 418 g/mol. The van der Waals surface area contributed by atoms with Gasteiger partial charge in [-0.2, -0.15) is 0 Å². The highest BCUT2D eigenvalue weighted by atomic mass is 16.5. The Bertz CT molecular complexity index is 1040. The monoisotopic (exact) mass is 417 g/mol. The first-order valence-corrected chi connectivity index (χ1v) is 10.6. The summed E-state index contributed by atoms with van der Waals surface area (Å²) in [5.41, 5.74) is 4.61. The molecule has 31 heavy (non-hydrogen) atoms. The molecule has 0 radical (unpaired) electrons. The number of para-hydroxylation sites is 1. The molecule has 2 aromatic carbocycles. The van der Waals surface area contributed by atoms with Crippen molar-refractivity contribution < 1.29 is 14.3 Å². The van der Waals surface area contributed by atoms with Crippen molar-refractivity contribution in [1.82, 2.24) is 4.98 Å². The number of hydrogen-bond acceptors (Lipinski definition) is 6. The number of pyridine rings is 1. The fourth-order valence-corrected chi connectivity index (χ4v) is 4.01. The average Bonchev–Trinajstić information content (AvgIpc) is 2.83. The van der Waals surface area contributed by atoms with Gasteiger partial charge in [-0.3, -0.25) is 4.98 Å². The SMILES string of the molecule is CCN(c1ccccc1)c1ccc2c(c1)OCC[C@H]2CNc1cnccc1C(=O)OC. The molecule has 1 aliphatic heterocycles. The number of fused-ring (bicyclic) bond motifs is 1.